The van der Waals surface area contributed by atoms with Crippen LogP contribution in [0, 0.1) is 6.92 Å². The summed E-state index contributed by atoms with van der Waals surface area (Å²) in [5.74, 6) is 0. The van der Waals surface area contributed by atoms with E-state index in [9.17, 15) is 0 Å². The molecule has 0 aliphatic heterocycles. The SMILES string of the molecule is Cc1ccc(C(CCN(C)C)NS)nc1. The molecule has 0 aromatic carbocycles. The molecular formula is C11H19N3S. The predicted molar refractivity (Wildman–Crippen MR) is 67.0 cm³/mol. The highest BCUT2D eigenvalue weighted by atomic mass is 32.1. The van der Waals surface area contributed by atoms with E-state index in [1.165, 1.54) is 5.56 Å². The van der Waals surface area contributed by atoms with Crippen molar-refractivity contribution in [2.75, 3.05) is 20.6 Å². The third-order valence-corrected chi connectivity index (χ3v) is 2.62. The molecule has 1 aromatic heterocycles. The van der Waals surface area contributed by atoms with E-state index in [0.29, 0.717) is 0 Å². The summed E-state index contributed by atoms with van der Waals surface area (Å²) >= 11 is 4.15. The lowest BCUT2D eigenvalue weighted by Crippen LogP contribution is -2.21. The summed E-state index contributed by atoms with van der Waals surface area (Å²) in [5, 5.41) is 0. The van der Waals surface area contributed by atoms with Crippen molar-refractivity contribution >= 4 is 12.8 Å². The summed E-state index contributed by atoms with van der Waals surface area (Å²) in [6.07, 6.45) is 2.90. The Bertz CT molecular complexity index is 284. The normalized spacial score (nSPS) is 13.1. The Balaban J connectivity index is 2.61. The van der Waals surface area contributed by atoms with E-state index >= 15 is 0 Å². The largest absolute Gasteiger partial charge is 0.309 e. The molecule has 4 heteroatoms. The van der Waals surface area contributed by atoms with Crippen molar-refractivity contribution in [3.8, 4) is 0 Å². The van der Waals surface area contributed by atoms with Gasteiger partial charge in [-0.1, -0.05) is 18.9 Å². The summed E-state index contributed by atoms with van der Waals surface area (Å²) < 4.78 is 3.00. The Hall–Kier alpha value is -0.580. The van der Waals surface area contributed by atoms with E-state index in [1.54, 1.807) is 0 Å². The summed E-state index contributed by atoms with van der Waals surface area (Å²) in [7, 11) is 4.14. The minimum atomic E-state index is 0.219. The Labute approximate surface area is 97.4 Å². The molecule has 0 radical (unpaired) electrons. The van der Waals surface area contributed by atoms with E-state index in [1.807, 2.05) is 13.1 Å². The molecule has 1 atom stereocenters. The summed E-state index contributed by atoms with van der Waals surface area (Å²) in [6, 6.07) is 4.35. The number of nitrogens with zero attached hydrogens (tertiary/aromatic N) is 2. The maximum Gasteiger partial charge on any atom is 0.0603 e. The highest BCUT2D eigenvalue weighted by molar-refractivity contribution is 7.78. The number of nitrogens with one attached hydrogen (secondary N) is 1. The molecule has 15 heavy (non-hydrogen) atoms. The standard InChI is InChI=1S/C11H19N3S/c1-9-4-5-10(12-8-9)11(13-15)6-7-14(2)3/h4-5,8,11,13,15H,6-7H2,1-3H3. The molecule has 84 valence electrons. The molecule has 1 N–H and O–H groups in total. The molecule has 0 aliphatic carbocycles. The third kappa shape index (κ3) is 4.20. The van der Waals surface area contributed by atoms with Crippen LogP contribution in [0.5, 0.6) is 0 Å². The maximum absolute atomic E-state index is 4.40. The first kappa shape index (κ1) is 12.5. The molecule has 1 unspecified atom stereocenters. The number of rotatable bonds is 5. The second kappa shape index (κ2) is 6.10. The molecule has 0 amide bonds. The second-order valence-electron chi connectivity index (χ2n) is 4.03. The molecule has 0 saturated carbocycles. The van der Waals surface area contributed by atoms with Crippen LogP contribution in [-0.2, 0) is 0 Å². The van der Waals surface area contributed by atoms with Gasteiger partial charge in [0.2, 0.25) is 0 Å². The first-order valence-electron chi connectivity index (χ1n) is 5.10. The second-order valence-corrected chi connectivity index (χ2v) is 4.29. The smallest absolute Gasteiger partial charge is 0.0603 e. The maximum atomic E-state index is 4.40. The van der Waals surface area contributed by atoms with Gasteiger partial charge in [-0.15, -0.1) is 0 Å². The zero-order valence-electron chi connectivity index (χ0n) is 9.57. The predicted octanol–water partition coefficient (Wildman–Crippen LogP) is 1.82. The van der Waals surface area contributed by atoms with Gasteiger partial charge in [0.25, 0.3) is 0 Å². The quantitative estimate of drug-likeness (QED) is 0.749. The average Bonchev–Trinajstić information content (AvgIpc) is 2.21. The van der Waals surface area contributed by atoms with E-state index in [2.05, 4.69) is 53.6 Å². The van der Waals surface area contributed by atoms with Gasteiger partial charge in [0.1, 0.15) is 0 Å². The molecule has 0 saturated heterocycles. The van der Waals surface area contributed by atoms with Crippen LogP contribution in [-0.4, -0.2) is 30.5 Å². The number of thiol groups is 1. The number of hydrogen-bond acceptors (Lipinski definition) is 4. The first-order valence-corrected chi connectivity index (χ1v) is 5.55. The Morgan fingerprint density at radius 3 is 2.67 bits per heavy atom. The van der Waals surface area contributed by atoms with Crippen LogP contribution < -0.4 is 4.72 Å². The van der Waals surface area contributed by atoms with Gasteiger partial charge in [-0.2, -0.15) is 0 Å². The highest BCUT2D eigenvalue weighted by Gasteiger charge is 2.10. The minimum absolute atomic E-state index is 0.219. The van der Waals surface area contributed by atoms with Gasteiger partial charge in [-0.25, -0.2) is 0 Å². The Kier molecular flexibility index (Phi) is 5.08. The molecular weight excluding hydrogens is 206 g/mol. The number of pyridine rings is 1. The van der Waals surface area contributed by atoms with Crippen molar-refractivity contribution in [1.29, 1.82) is 0 Å². The Morgan fingerprint density at radius 2 is 2.20 bits per heavy atom. The number of aromatic nitrogens is 1. The lowest BCUT2D eigenvalue weighted by Gasteiger charge is -2.17. The van der Waals surface area contributed by atoms with Crippen molar-refractivity contribution in [3.05, 3.63) is 29.6 Å². The molecule has 3 nitrogen and oxygen atoms in total. The first-order chi connectivity index (χ1) is 7.13. The van der Waals surface area contributed by atoms with Crippen molar-refractivity contribution in [2.24, 2.45) is 0 Å². The number of hydrogen-bond donors (Lipinski definition) is 2. The van der Waals surface area contributed by atoms with Gasteiger partial charge in [-0.3, -0.25) is 9.71 Å². The fourth-order valence-corrected chi connectivity index (χ4v) is 1.61. The van der Waals surface area contributed by atoms with Gasteiger partial charge in [0.15, 0.2) is 0 Å². The average molecular weight is 225 g/mol. The van der Waals surface area contributed by atoms with Crippen molar-refractivity contribution in [2.45, 2.75) is 19.4 Å². The summed E-state index contributed by atoms with van der Waals surface area (Å²) in [4.78, 5) is 6.56. The van der Waals surface area contributed by atoms with Crippen molar-refractivity contribution in [3.63, 3.8) is 0 Å². The number of aryl methyl sites for hydroxylation is 1. The summed E-state index contributed by atoms with van der Waals surface area (Å²) in [5.41, 5.74) is 2.24. The van der Waals surface area contributed by atoms with Crippen LogP contribution >= 0.6 is 12.8 Å². The zero-order valence-corrected chi connectivity index (χ0v) is 10.5. The van der Waals surface area contributed by atoms with Gasteiger partial charge < -0.3 is 4.90 Å². The lowest BCUT2D eigenvalue weighted by atomic mass is 10.1. The van der Waals surface area contributed by atoms with Gasteiger partial charge >= 0.3 is 0 Å². The molecule has 0 spiro atoms. The zero-order chi connectivity index (χ0) is 11.3. The Morgan fingerprint density at radius 1 is 1.47 bits per heavy atom. The minimum Gasteiger partial charge on any atom is -0.309 e. The fourth-order valence-electron chi connectivity index (χ4n) is 1.35. The van der Waals surface area contributed by atoms with E-state index in [0.717, 1.165) is 18.7 Å². The molecule has 1 aromatic rings. The van der Waals surface area contributed by atoms with Crippen LogP contribution in [0.15, 0.2) is 18.3 Å². The highest BCUT2D eigenvalue weighted by Crippen LogP contribution is 2.15. The molecule has 1 heterocycles. The van der Waals surface area contributed by atoms with Gasteiger partial charge in [0, 0.05) is 6.20 Å². The molecule has 1 rings (SSSR count). The molecule has 0 fully saturated rings. The molecule has 0 aliphatic rings. The monoisotopic (exact) mass is 225 g/mol. The van der Waals surface area contributed by atoms with Crippen LogP contribution in [0.4, 0.5) is 0 Å². The van der Waals surface area contributed by atoms with Crippen molar-refractivity contribution < 1.29 is 0 Å². The van der Waals surface area contributed by atoms with E-state index in [4.69, 9.17) is 0 Å². The third-order valence-electron chi connectivity index (χ3n) is 2.31. The van der Waals surface area contributed by atoms with Gasteiger partial charge in [0.05, 0.1) is 11.7 Å². The van der Waals surface area contributed by atoms with E-state index < -0.39 is 0 Å². The summed E-state index contributed by atoms with van der Waals surface area (Å²) in [6.45, 7) is 3.06. The van der Waals surface area contributed by atoms with Crippen molar-refractivity contribution in [1.82, 2.24) is 14.6 Å². The van der Waals surface area contributed by atoms with E-state index in [-0.39, 0.29) is 6.04 Å². The fraction of sp³-hybridized carbons (Fsp3) is 0.545. The lowest BCUT2D eigenvalue weighted by molar-refractivity contribution is 0.376. The van der Waals surface area contributed by atoms with Crippen LogP contribution in [0.2, 0.25) is 0 Å². The van der Waals surface area contributed by atoms with Crippen LogP contribution in [0.1, 0.15) is 23.7 Å². The van der Waals surface area contributed by atoms with Gasteiger partial charge in [-0.05, 0) is 45.6 Å². The van der Waals surface area contributed by atoms with Crippen LogP contribution in [0.3, 0.4) is 0 Å². The topological polar surface area (TPSA) is 28.2 Å². The molecule has 0 bridgehead atoms. The van der Waals surface area contributed by atoms with Crippen LogP contribution in [0.25, 0.3) is 0 Å².